The number of nitrogens with zero attached hydrogens (tertiary/aromatic N) is 1. The maximum atomic E-state index is 13.8. The Morgan fingerprint density at radius 2 is 1.81 bits per heavy atom. The zero-order valence-corrected chi connectivity index (χ0v) is 17.5. The first-order chi connectivity index (χ1) is 15.6. The molecule has 0 aliphatic carbocycles. The Hall–Kier alpha value is -4.13. The van der Waals surface area contributed by atoms with E-state index in [1.54, 1.807) is 73.8 Å². The highest BCUT2D eigenvalue weighted by molar-refractivity contribution is 6.13. The summed E-state index contributed by atoms with van der Waals surface area (Å²) in [4.78, 5) is 16.6. The van der Waals surface area contributed by atoms with Crippen molar-refractivity contribution in [1.29, 1.82) is 0 Å². The van der Waals surface area contributed by atoms with Gasteiger partial charge in [-0.2, -0.15) is 0 Å². The van der Waals surface area contributed by atoms with Crippen LogP contribution in [0.5, 0.6) is 17.2 Å². The number of carbonyl (C=O) groups is 1. The molecule has 162 valence electrons. The number of halogens is 1. The largest absolute Gasteiger partial charge is 0.497 e. The summed E-state index contributed by atoms with van der Waals surface area (Å²) in [6, 6.07) is 18.6. The topological polar surface area (TPSA) is 66.3 Å². The van der Waals surface area contributed by atoms with E-state index in [1.807, 2.05) is 0 Å². The van der Waals surface area contributed by atoms with Gasteiger partial charge in [-0.15, -0.1) is 0 Å². The molecular formula is C25H20FNO5. The lowest BCUT2D eigenvalue weighted by Gasteiger charge is -2.12. The lowest BCUT2D eigenvalue weighted by atomic mass is 10.1. The molecule has 0 saturated heterocycles. The first-order valence-electron chi connectivity index (χ1n) is 9.78. The van der Waals surface area contributed by atoms with Crippen molar-refractivity contribution in [3.8, 4) is 17.2 Å². The Morgan fingerprint density at radius 1 is 0.969 bits per heavy atom. The van der Waals surface area contributed by atoms with Crippen molar-refractivity contribution in [3.63, 3.8) is 0 Å². The monoisotopic (exact) mass is 433 g/mol. The van der Waals surface area contributed by atoms with E-state index in [2.05, 4.69) is 4.99 Å². The average Bonchev–Trinajstić information content (AvgIpc) is 3.19. The molecule has 0 radical (unpaired) electrons. The van der Waals surface area contributed by atoms with Gasteiger partial charge in [-0.05, 0) is 48.0 Å². The molecule has 0 amide bonds. The summed E-state index contributed by atoms with van der Waals surface area (Å²) in [6.07, 6.45) is 1.60. The number of hydrogen-bond donors (Lipinski definition) is 0. The minimum Gasteiger partial charge on any atom is -0.497 e. The smallest absolute Gasteiger partial charge is 0.363 e. The summed E-state index contributed by atoms with van der Waals surface area (Å²) in [6.45, 7) is 0.0595. The molecule has 7 heteroatoms. The number of methoxy groups -OCH3 is 2. The zero-order valence-electron chi connectivity index (χ0n) is 17.5. The number of hydrogen-bond acceptors (Lipinski definition) is 6. The molecule has 3 aromatic rings. The van der Waals surface area contributed by atoms with Crippen LogP contribution in [0.4, 0.5) is 4.39 Å². The summed E-state index contributed by atoms with van der Waals surface area (Å²) in [5, 5.41) is 0. The molecule has 0 spiro atoms. The van der Waals surface area contributed by atoms with Gasteiger partial charge in [0.1, 0.15) is 18.2 Å². The molecule has 1 aliphatic rings. The van der Waals surface area contributed by atoms with Crippen LogP contribution in [0.3, 0.4) is 0 Å². The summed E-state index contributed by atoms with van der Waals surface area (Å²) in [7, 11) is 3.06. The zero-order chi connectivity index (χ0) is 22.5. The fraction of sp³-hybridized carbons (Fsp3) is 0.120. The Balaban J connectivity index is 1.55. The van der Waals surface area contributed by atoms with Crippen LogP contribution in [0.1, 0.15) is 16.7 Å². The lowest BCUT2D eigenvalue weighted by Crippen LogP contribution is -2.05. The molecule has 0 aromatic heterocycles. The number of aliphatic imine (C=N–C) groups is 1. The Labute approximate surface area is 184 Å². The van der Waals surface area contributed by atoms with Gasteiger partial charge < -0.3 is 18.9 Å². The van der Waals surface area contributed by atoms with Crippen LogP contribution in [0.15, 0.2) is 77.4 Å². The fourth-order valence-electron chi connectivity index (χ4n) is 3.11. The van der Waals surface area contributed by atoms with E-state index in [0.29, 0.717) is 33.9 Å². The highest BCUT2D eigenvalue weighted by Gasteiger charge is 2.24. The van der Waals surface area contributed by atoms with Crippen LogP contribution in [-0.4, -0.2) is 26.1 Å². The minimum atomic E-state index is -0.554. The van der Waals surface area contributed by atoms with Gasteiger partial charge in [-0.1, -0.05) is 30.3 Å². The minimum absolute atomic E-state index is 0.0595. The molecule has 0 fully saturated rings. The molecule has 4 rings (SSSR count). The van der Waals surface area contributed by atoms with Gasteiger partial charge >= 0.3 is 5.97 Å². The maximum absolute atomic E-state index is 13.8. The quantitative estimate of drug-likeness (QED) is 0.397. The Morgan fingerprint density at radius 3 is 2.59 bits per heavy atom. The Bertz CT molecular complexity index is 1220. The molecule has 1 heterocycles. The van der Waals surface area contributed by atoms with Crippen molar-refractivity contribution in [2.24, 2.45) is 4.99 Å². The van der Waals surface area contributed by atoms with Crippen LogP contribution >= 0.6 is 0 Å². The van der Waals surface area contributed by atoms with Crippen LogP contribution < -0.4 is 14.2 Å². The van der Waals surface area contributed by atoms with Crippen molar-refractivity contribution in [3.05, 3.63) is 94.9 Å². The van der Waals surface area contributed by atoms with Crippen molar-refractivity contribution in [1.82, 2.24) is 0 Å². The second-order valence-electron chi connectivity index (χ2n) is 6.86. The Kier molecular flexibility index (Phi) is 6.17. The lowest BCUT2D eigenvalue weighted by molar-refractivity contribution is -0.129. The van der Waals surface area contributed by atoms with E-state index in [0.717, 1.165) is 0 Å². The fourth-order valence-corrected chi connectivity index (χ4v) is 3.11. The van der Waals surface area contributed by atoms with Crippen molar-refractivity contribution < 1.29 is 28.1 Å². The second kappa shape index (κ2) is 9.34. The van der Waals surface area contributed by atoms with Crippen LogP contribution in [0.25, 0.3) is 6.08 Å². The first kappa shape index (κ1) is 21.1. The molecule has 6 nitrogen and oxygen atoms in total. The SMILES string of the molecule is COc1cccc(C2=N/C(=C\c3ccc(OCc4ccccc4F)c(OC)c3)C(=O)O2)c1. The van der Waals surface area contributed by atoms with Gasteiger partial charge in [-0.25, -0.2) is 14.2 Å². The highest BCUT2D eigenvalue weighted by atomic mass is 19.1. The van der Waals surface area contributed by atoms with E-state index in [4.69, 9.17) is 18.9 Å². The van der Waals surface area contributed by atoms with Gasteiger partial charge in [0.05, 0.1) is 14.2 Å². The van der Waals surface area contributed by atoms with Gasteiger partial charge in [0.2, 0.25) is 5.90 Å². The van der Waals surface area contributed by atoms with E-state index in [-0.39, 0.29) is 24.0 Å². The van der Waals surface area contributed by atoms with Gasteiger partial charge in [0, 0.05) is 11.1 Å². The summed E-state index contributed by atoms with van der Waals surface area (Å²) in [5.41, 5.74) is 1.90. The summed E-state index contributed by atoms with van der Waals surface area (Å²) < 4.78 is 35.4. The van der Waals surface area contributed by atoms with Crippen LogP contribution in [-0.2, 0) is 16.1 Å². The van der Waals surface area contributed by atoms with E-state index in [9.17, 15) is 9.18 Å². The molecule has 0 unspecified atom stereocenters. The third-order valence-corrected chi connectivity index (χ3v) is 4.77. The third-order valence-electron chi connectivity index (χ3n) is 4.77. The molecule has 0 atom stereocenters. The maximum Gasteiger partial charge on any atom is 0.363 e. The summed E-state index contributed by atoms with van der Waals surface area (Å²) in [5.74, 6) is 0.844. The second-order valence-corrected chi connectivity index (χ2v) is 6.86. The van der Waals surface area contributed by atoms with Gasteiger partial charge in [0.25, 0.3) is 0 Å². The number of ether oxygens (including phenoxy) is 4. The average molecular weight is 433 g/mol. The number of benzene rings is 3. The third kappa shape index (κ3) is 4.62. The van der Waals surface area contributed by atoms with E-state index < -0.39 is 5.97 Å². The van der Waals surface area contributed by atoms with E-state index >= 15 is 0 Å². The van der Waals surface area contributed by atoms with Gasteiger partial charge in [-0.3, -0.25) is 0 Å². The number of esters is 1. The highest BCUT2D eigenvalue weighted by Crippen LogP contribution is 2.31. The molecule has 0 saturated carbocycles. The number of cyclic esters (lactones) is 1. The van der Waals surface area contributed by atoms with Crippen molar-refractivity contribution >= 4 is 17.9 Å². The molecule has 1 aliphatic heterocycles. The molecular weight excluding hydrogens is 413 g/mol. The van der Waals surface area contributed by atoms with Crippen LogP contribution in [0, 0.1) is 5.82 Å². The van der Waals surface area contributed by atoms with Crippen LogP contribution in [0.2, 0.25) is 0 Å². The normalized spacial score (nSPS) is 14.2. The predicted octanol–water partition coefficient (Wildman–Crippen LogP) is 4.77. The van der Waals surface area contributed by atoms with Crippen molar-refractivity contribution in [2.45, 2.75) is 6.61 Å². The number of carbonyl (C=O) groups excluding carboxylic acids is 1. The standard InChI is InChI=1S/C25H20FNO5/c1-29-19-8-5-7-17(14-19)24-27-21(25(28)32-24)12-16-10-11-22(23(13-16)30-2)31-15-18-6-3-4-9-20(18)26/h3-14H,15H2,1-2H3/b21-12-. The molecule has 0 bridgehead atoms. The van der Waals surface area contributed by atoms with Gasteiger partial charge in [0.15, 0.2) is 17.2 Å². The molecule has 0 N–H and O–H groups in total. The first-order valence-corrected chi connectivity index (χ1v) is 9.78. The summed E-state index contributed by atoms with van der Waals surface area (Å²) >= 11 is 0. The molecule has 3 aromatic carbocycles. The predicted molar refractivity (Wildman–Crippen MR) is 117 cm³/mol. The van der Waals surface area contributed by atoms with Crippen molar-refractivity contribution in [2.75, 3.05) is 14.2 Å². The number of rotatable bonds is 7. The molecule has 32 heavy (non-hydrogen) atoms. The van der Waals surface area contributed by atoms with E-state index in [1.165, 1.54) is 13.2 Å².